The molecule has 3 N–H and O–H groups in total. The number of benzene rings is 3. The second-order valence-corrected chi connectivity index (χ2v) is 8.15. The summed E-state index contributed by atoms with van der Waals surface area (Å²) >= 11 is 0. The number of halogens is 1. The molecule has 3 aromatic carbocycles. The lowest BCUT2D eigenvalue weighted by molar-refractivity contribution is 0.0596. The first-order valence-corrected chi connectivity index (χ1v) is 11.4. The molecule has 1 amide bonds. The van der Waals surface area contributed by atoms with Crippen molar-refractivity contribution in [2.45, 2.75) is 13.0 Å². The SMILES string of the molecule is COC(=O)c1cc(C(=O)NCCN)c2cc(Cc3ccc(F)cc3)cnc2c1OCc1ccccc1. The van der Waals surface area contributed by atoms with Crippen LogP contribution in [0, 0.1) is 5.82 Å². The quantitative estimate of drug-likeness (QED) is 0.346. The van der Waals surface area contributed by atoms with E-state index in [-0.39, 0.29) is 42.4 Å². The number of pyridine rings is 1. The average molecular weight is 488 g/mol. The van der Waals surface area contributed by atoms with Crippen molar-refractivity contribution in [3.05, 3.63) is 107 Å². The number of nitrogens with one attached hydrogen (secondary N) is 1. The number of nitrogens with zero attached hydrogens (tertiary/aromatic N) is 1. The first kappa shape index (κ1) is 24.8. The Labute approximate surface area is 208 Å². The number of amides is 1. The number of esters is 1. The Morgan fingerprint density at radius 3 is 2.42 bits per heavy atom. The summed E-state index contributed by atoms with van der Waals surface area (Å²) in [5, 5.41) is 3.27. The number of fused-ring (bicyclic) bond motifs is 1. The first-order valence-electron chi connectivity index (χ1n) is 11.4. The van der Waals surface area contributed by atoms with Crippen LogP contribution in [0.25, 0.3) is 10.9 Å². The van der Waals surface area contributed by atoms with Gasteiger partial charge in [0.25, 0.3) is 5.91 Å². The second-order valence-electron chi connectivity index (χ2n) is 8.15. The summed E-state index contributed by atoms with van der Waals surface area (Å²) in [6.07, 6.45) is 2.13. The molecule has 8 heteroatoms. The molecule has 1 heterocycles. The molecule has 36 heavy (non-hydrogen) atoms. The topological polar surface area (TPSA) is 104 Å². The van der Waals surface area contributed by atoms with E-state index in [2.05, 4.69) is 10.3 Å². The molecule has 7 nitrogen and oxygen atoms in total. The lowest BCUT2D eigenvalue weighted by atomic mass is 9.98. The third kappa shape index (κ3) is 5.67. The summed E-state index contributed by atoms with van der Waals surface area (Å²) in [5.74, 6) is -1.13. The van der Waals surface area contributed by atoms with Crippen molar-refractivity contribution in [3.8, 4) is 5.75 Å². The highest BCUT2D eigenvalue weighted by Crippen LogP contribution is 2.34. The minimum absolute atomic E-state index is 0.0950. The van der Waals surface area contributed by atoms with Crippen LogP contribution in [-0.4, -0.2) is 37.1 Å². The van der Waals surface area contributed by atoms with Gasteiger partial charge in [-0.15, -0.1) is 0 Å². The average Bonchev–Trinajstić information content (AvgIpc) is 2.91. The summed E-state index contributed by atoms with van der Waals surface area (Å²) in [7, 11) is 1.26. The first-order chi connectivity index (χ1) is 17.5. The van der Waals surface area contributed by atoms with Crippen LogP contribution in [0.3, 0.4) is 0 Å². The van der Waals surface area contributed by atoms with Crippen molar-refractivity contribution in [1.29, 1.82) is 0 Å². The van der Waals surface area contributed by atoms with Crippen molar-refractivity contribution in [2.24, 2.45) is 5.73 Å². The van der Waals surface area contributed by atoms with Crippen LogP contribution >= 0.6 is 0 Å². The number of aromatic nitrogens is 1. The molecule has 4 rings (SSSR count). The van der Waals surface area contributed by atoms with E-state index in [1.165, 1.54) is 25.3 Å². The zero-order valence-electron chi connectivity index (χ0n) is 19.8. The van der Waals surface area contributed by atoms with Crippen LogP contribution in [0.2, 0.25) is 0 Å². The highest BCUT2D eigenvalue weighted by molar-refractivity contribution is 6.11. The maximum Gasteiger partial charge on any atom is 0.341 e. The number of nitrogens with two attached hydrogens (primary N) is 1. The van der Waals surface area contributed by atoms with Crippen LogP contribution in [-0.2, 0) is 17.8 Å². The van der Waals surface area contributed by atoms with Crippen molar-refractivity contribution >= 4 is 22.8 Å². The molecule has 4 aromatic rings. The van der Waals surface area contributed by atoms with E-state index in [0.717, 1.165) is 16.7 Å². The number of carbonyl (C=O) groups excluding carboxylic acids is 2. The highest BCUT2D eigenvalue weighted by atomic mass is 19.1. The van der Waals surface area contributed by atoms with E-state index in [9.17, 15) is 14.0 Å². The minimum Gasteiger partial charge on any atom is -0.486 e. The standard InChI is InChI=1S/C28H26FN3O4/c1-35-28(34)24-15-23(27(33)31-12-11-30)22-14-20(13-18-7-9-21(29)10-8-18)16-32-25(22)26(24)36-17-19-5-3-2-4-6-19/h2-10,14-16H,11-13,17,30H2,1H3,(H,31,33). The molecule has 0 saturated carbocycles. The summed E-state index contributed by atoms with van der Waals surface area (Å²) in [6, 6.07) is 19.0. The van der Waals surface area contributed by atoms with Crippen molar-refractivity contribution < 1.29 is 23.5 Å². The molecule has 0 fully saturated rings. The van der Waals surface area contributed by atoms with Gasteiger partial charge in [0.1, 0.15) is 23.5 Å². The van der Waals surface area contributed by atoms with Gasteiger partial charge in [-0.2, -0.15) is 0 Å². The number of hydrogen-bond acceptors (Lipinski definition) is 6. The molecule has 0 aliphatic rings. The van der Waals surface area contributed by atoms with Gasteiger partial charge in [-0.05, 0) is 47.4 Å². The van der Waals surface area contributed by atoms with E-state index >= 15 is 0 Å². The van der Waals surface area contributed by atoms with E-state index in [0.29, 0.717) is 17.3 Å². The number of ether oxygens (including phenoxy) is 2. The van der Waals surface area contributed by atoms with E-state index in [1.54, 1.807) is 18.3 Å². The fourth-order valence-electron chi connectivity index (χ4n) is 3.85. The number of carbonyl (C=O) groups is 2. The van der Waals surface area contributed by atoms with Gasteiger partial charge in [0.2, 0.25) is 0 Å². The molecule has 0 spiro atoms. The summed E-state index contributed by atoms with van der Waals surface area (Å²) < 4.78 is 24.4. The predicted octanol–water partition coefficient (Wildman–Crippen LogP) is 4.02. The van der Waals surface area contributed by atoms with E-state index < -0.39 is 11.9 Å². The van der Waals surface area contributed by atoms with Crippen molar-refractivity contribution in [3.63, 3.8) is 0 Å². The van der Waals surface area contributed by atoms with Gasteiger partial charge in [0.15, 0.2) is 5.75 Å². The van der Waals surface area contributed by atoms with Gasteiger partial charge in [0.05, 0.1) is 7.11 Å². The van der Waals surface area contributed by atoms with Gasteiger partial charge in [-0.25, -0.2) is 9.18 Å². The zero-order valence-corrected chi connectivity index (χ0v) is 19.8. The molecule has 0 radical (unpaired) electrons. The fourth-order valence-corrected chi connectivity index (χ4v) is 3.85. The monoisotopic (exact) mass is 487 g/mol. The molecular formula is C28H26FN3O4. The van der Waals surface area contributed by atoms with Crippen molar-refractivity contribution in [2.75, 3.05) is 20.2 Å². The molecular weight excluding hydrogens is 461 g/mol. The second kappa shape index (κ2) is 11.4. The third-order valence-electron chi connectivity index (χ3n) is 5.61. The van der Waals surface area contributed by atoms with Gasteiger partial charge in [0, 0.05) is 30.2 Å². The molecule has 0 unspecified atom stereocenters. The Morgan fingerprint density at radius 2 is 1.72 bits per heavy atom. The Bertz CT molecular complexity index is 1380. The van der Waals surface area contributed by atoms with Gasteiger partial charge < -0.3 is 20.5 Å². The third-order valence-corrected chi connectivity index (χ3v) is 5.61. The maximum atomic E-state index is 13.3. The number of hydrogen-bond donors (Lipinski definition) is 2. The van der Waals surface area contributed by atoms with Crippen LogP contribution in [0.15, 0.2) is 72.9 Å². The van der Waals surface area contributed by atoms with Gasteiger partial charge in [-0.1, -0.05) is 42.5 Å². The minimum atomic E-state index is -0.648. The van der Waals surface area contributed by atoms with Crippen LogP contribution in [0.5, 0.6) is 5.75 Å². The number of methoxy groups -OCH3 is 1. The zero-order chi connectivity index (χ0) is 25.5. The Kier molecular flexibility index (Phi) is 7.87. The molecule has 0 aliphatic heterocycles. The Morgan fingerprint density at radius 1 is 0.972 bits per heavy atom. The Hall–Kier alpha value is -4.30. The lowest BCUT2D eigenvalue weighted by Crippen LogP contribution is -2.29. The Balaban J connectivity index is 1.83. The maximum absolute atomic E-state index is 13.3. The molecule has 0 atom stereocenters. The van der Waals surface area contributed by atoms with Crippen LogP contribution < -0.4 is 15.8 Å². The van der Waals surface area contributed by atoms with E-state index in [1.807, 2.05) is 36.4 Å². The highest BCUT2D eigenvalue weighted by Gasteiger charge is 2.24. The predicted molar refractivity (Wildman–Crippen MR) is 134 cm³/mol. The van der Waals surface area contributed by atoms with Crippen LogP contribution in [0.1, 0.15) is 37.4 Å². The fraction of sp³-hybridized carbons (Fsp3) is 0.179. The van der Waals surface area contributed by atoms with E-state index in [4.69, 9.17) is 15.2 Å². The molecule has 0 aliphatic carbocycles. The normalized spacial score (nSPS) is 10.8. The molecule has 0 saturated heterocycles. The lowest BCUT2D eigenvalue weighted by Gasteiger charge is -2.17. The summed E-state index contributed by atoms with van der Waals surface area (Å²) in [4.78, 5) is 30.3. The van der Waals surface area contributed by atoms with Crippen molar-refractivity contribution in [1.82, 2.24) is 10.3 Å². The summed E-state index contributed by atoms with van der Waals surface area (Å²) in [5.41, 5.74) is 8.86. The van der Waals surface area contributed by atoms with Gasteiger partial charge in [-0.3, -0.25) is 9.78 Å². The molecule has 184 valence electrons. The van der Waals surface area contributed by atoms with Gasteiger partial charge >= 0.3 is 5.97 Å². The summed E-state index contributed by atoms with van der Waals surface area (Å²) in [6.45, 7) is 0.723. The van der Waals surface area contributed by atoms with Crippen LogP contribution in [0.4, 0.5) is 4.39 Å². The smallest absolute Gasteiger partial charge is 0.341 e. The number of rotatable bonds is 9. The largest absolute Gasteiger partial charge is 0.486 e. The molecule has 1 aromatic heterocycles. The molecule has 0 bridgehead atoms.